The Hall–Kier alpha value is -1.57. The van der Waals surface area contributed by atoms with Crippen molar-refractivity contribution in [2.75, 3.05) is 13.1 Å². The lowest BCUT2D eigenvalue weighted by molar-refractivity contribution is -0.271. The second kappa shape index (κ2) is 4.76. The molecule has 0 spiro atoms. The van der Waals surface area contributed by atoms with E-state index in [9.17, 15) is 23.1 Å². The summed E-state index contributed by atoms with van der Waals surface area (Å²) >= 11 is 0. The predicted octanol–water partition coefficient (Wildman–Crippen LogP) is 1.82. The molecular formula is C12H15F3N2O3. The predicted molar refractivity (Wildman–Crippen MR) is 62.1 cm³/mol. The summed E-state index contributed by atoms with van der Waals surface area (Å²) in [7, 11) is 0. The molecule has 0 aliphatic carbocycles. The Kier molecular flexibility index (Phi) is 3.53. The zero-order valence-corrected chi connectivity index (χ0v) is 11.1. The number of hydrogen-bond acceptors (Lipinski definition) is 4. The number of aryl methyl sites for hydroxylation is 2. The summed E-state index contributed by atoms with van der Waals surface area (Å²) in [5.74, 6) is -0.121. The summed E-state index contributed by atoms with van der Waals surface area (Å²) in [4.78, 5) is 17.0. The van der Waals surface area contributed by atoms with Gasteiger partial charge in [0.2, 0.25) is 0 Å². The van der Waals surface area contributed by atoms with E-state index in [2.05, 4.69) is 4.98 Å². The summed E-state index contributed by atoms with van der Waals surface area (Å²) in [6, 6.07) is 0. The van der Waals surface area contributed by atoms with E-state index in [1.54, 1.807) is 6.92 Å². The van der Waals surface area contributed by atoms with Gasteiger partial charge in [-0.3, -0.25) is 4.79 Å². The number of amides is 1. The standard InChI is InChI=1S/C12H15F3N2O3/c1-7-9(16-8(2)20-7)10(18)17-5-3-4-11(19,6-17)12(13,14)15/h19H,3-6H2,1-2H3. The Morgan fingerprint density at radius 2 is 2.10 bits per heavy atom. The van der Waals surface area contributed by atoms with E-state index in [-0.39, 0.29) is 30.3 Å². The number of hydrogen-bond donors (Lipinski definition) is 1. The number of aliphatic hydroxyl groups is 1. The molecule has 0 radical (unpaired) electrons. The van der Waals surface area contributed by atoms with Crippen molar-refractivity contribution in [2.24, 2.45) is 0 Å². The summed E-state index contributed by atoms with van der Waals surface area (Å²) in [6.07, 6.45) is -5.09. The monoisotopic (exact) mass is 292 g/mol. The number of carbonyl (C=O) groups is 1. The smallest absolute Gasteiger partial charge is 0.418 e. The van der Waals surface area contributed by atoms with Crippen LogP contribution in [0.1, 0.15) is 35.0 Å². The fourth-order valence-corrected chi connectivity index (χ4v) is 2.32. The number of rotatable bonds is 1. The second-order valence-corrected chi connectivity index (χ2v) is 5.00. The lowest BCUT2D eigenvalue weighted by Crippen LogP contribution is -2.58. The maximum absolute atomic E-state index is 12.8. The topological polar surface area (TPSA) is 66.6 Å². The van der Waals surface area contributed by atoms with Gasteiger partial charge >= 0.3 is 6.18 Å². The van der Waals surface area contributed by atoms with Gasteiger partial charge in [-0.25, -0.2) is 4.98 Å². The van der Waals surface area contributed by atoms with Crippen LogP contribution < -0.4 is 0 Å². The third kappa shape index (κ3) is 2.52. The second-order valence-electron chi connectivity index (χ2n) is 5.00. The highest BCUT2D eigenvalue weighted by Crippen LogP contribution is 2.37. The van der Waals surface area contributed by atoms with Gasteiger partial charge in [0.1, 0.15) is 5.76 Å². The van der Waals surface area contributed by atoms with Crippen LogP contribution in [0.3, 0.4) is 0 Å². The minimum absolute atomic E-state index is 0.00563. The van der Waals surface area contributed by atoms with Crippen molar-refractivity contribution in [1.29, 1.82) is 0 Å². The van der Waals surface area contributed by atoms with Gasteiger partial charge in [0.25, 0.3) is 5.91 Å². The Balaban J connectivity index is 2.21. The zero-order chi connectivity index (χ0) is 15.1. The average Bonchev–Trinajstić information content (AvgIpc) is 2.66. The van der Waals surface area contributed by atoms with E-state index < -0.39 is 30.7 Å². The first-order chi connectivity index (χ1) is 9.14. The van der Waals surface area contributed by atoms with Crippen molar-refractivity contribution in [3.05, 3.63) is 17.3 Å². The van der Waals surface area contributed by atoms with Gasteiger partial charge in [0.05, 0.1) is 6.54 Å². The Morgan fingerprint density at radius 3 is 2.60 bits per heavy atom. The fourth-order valence-electron chi connectivity index (χ4n) is 2.32. The SMILES string of the molecule is Cc1nc(C(=O)N2CCCC(O)(C(F)(F)F)C2)c(C)o1. The van der Waals surface area contributed by atoms with Gasteiger partial charge < -0.3 is 14.4 Å². The third-order valence-corrected chi connectivity index (χ3v) is 3.39. The van der Waals surface area contributed by atoms with Gasteiger partial charge in [0.15, 0.2) is 17.2 Å². The fraction of sp³-hybridized carbons (Fsp3) is 0.667. The molecule has 0 aromatic carbocycles. The molecule has 1 aliphatic heterocycles. The van der Waals surface area contributed by atoms with Gasteiger partial charge in [-0.05, 0) is 19.8 Å². The molecule has 8 heteroatoms. The number of halogens is 3. The highest BCUT2D eigenvalue weighted by Gasteiger charge is 2.56. The number of alkyl halides is 3. The number of nitrogens with zero attached hydrogens (tertiary/aromatic N) is 2. The highest BCUT2D eigenvalue weighted by atomic mass is 19.4. The molecule has 1 aromatic rings. The van der Waals surface area contributed by atoms with Crippen LogP contribution in [0.4, 0.5) is 13.2 Å². The summed E-state index contributed by atoms with van der Waals surface area (Å²) < 4.78 is 43.6. The molecular weight excluding hydrogens is 277 g/mol. The number of carbonyl (C=O) groups excluding carboxylic acids is 1. The molecule has 0 bridgehead atoms. The molecule has 0 saturated carbocycles. The number of β-amino-alcohol motifs (C(OH)–C–C–N with tert-alkyl or cyclic N) is 1. The number of oxazole rings is 1. The van der Waals surface area contributed by atoms with Crippen molar-refractivity contribution in [3.63, 3.8) is 0 Å². The van der Waals surface area contributed by atoms with E-state index in [0.717, 1.165) is 4.90 Å². The first kappa shape index (κ1) is 14.8. The third-order valence-electron chi connectivity index (χ3n) is 3.39. The van der Waals surface area contributed by atoms with Crippen LogP contribution in [0.15, 0.2) is 4.42 Å². The van der Waals surface area contributed by atoms with Crippen molar-refractivity contribution < 1.29 is 27.5 Å². The zero-order valence-electron chi connectivity index (χ0n) is 11.1. The lowest BCUT2D eigenvalue weighted by atomic mass is 9.92. The Labute approximate surface area is 113 Å². The Morgan fingerprint density at radius 1 is 1.45 bits per heavy atom. The summed E-state index contributed by atoms with van der Waals surface area (Å²) in [5.41, 5.74) is -2.86. The van der Waals surface area contributed by atoms with E-state index in [1.807, 2.05) is 0 Å². The maximum atomic E-state index is 12.8. The molecule has 1 amide bonds. The maximum Gasteiger partial charge on any atom is 0.418 e. The number of aromatic nitrogens is 1. The van der Waals surface area contributed by atoms with E-state index in [0.29, 0.717) is 0 Å². The first-order valence-corrected chi connectivity index (χ1v) is 6.16. The molecule has 1 aromatic heterocycles. The minimum atomic E-state index is -4.76. The van der Waals surface area contributed by atoms with Crippen molar-refractivity contribution in [3.8, 4) is 0 Å². The van der Waals surface area contributed by atoms with Gasteiger partial charge in [-0.2, -0.15) is 13.2 Å². The average molecular weight is 292 g/mol. The molecule has 2 rings (SSSR count). The molecule has 1 aliphatic rings. The van der Waals surface area contributed by atoms with Crippen LogP contribution >= 0.6 is 0 Å². The van der Waals surface area contributed by atoms with Crippen LogP contribution in [0, 0.1) is 13.8 Å². The van der Waals surface area contributed by atoms with Crippen LogP contribution in [0.2, 0.25) is 0 Å². The normalized spacial score (nSPS) is 24.0. The van der Waals surface area contributed by atoms with Gasteiger partial charge in [-0.15, -0.1) is 0 Å². The van der Waals surface area contributed by atoms with Crippen molar-refractivity contribution in [1.82, 2.24) is 9.88 Å². The number of likely N-dealkylation sites (tertiary alicyclic amines) is 1. The molecule has 112 valence electrons. The molecule has 1 unspecified atom stereocenters. The van der Waals surface area contributed by atoms with Crippen LogP contribution in [0.5, 0.6) is 0 Å². The molecule has 1 fully saturated rings. The molecule has 5 nitrogen and oxygen atoms in total. The Bertz CT molecular complexity index is 527. The lowest BCUT2D eigenvalue weighted by Gasteiger charge is -2.39. The van der Waals surface area contributed by atoms with E-state index in [1.165, 1.54) is 6.92 Å². The van der Waals surface area contributed by atoms with Gasteiger partial charge in [-0.1, -0.05) is 0 Å². The summed E-state index contributed by atoms with van der Waals surface area (Å²) in [6.45, 7) is 2.45. The van der Waals surface area contributed by atoms with E-state index >= 15 is 0 Å². The summed E-state index contributed by atoms with van der Waals surface area (Å²) in [5, 5.41) is 9.69. The quantitative estimate of drug-likeness (QED) is 0.857. The van der Waals surface area contributed by atoms with E-state index in [4.69, 9.17) is 4.42 Å². The highest BCUT2D eigenvalue weighted by molar-refractivity contribution is 5.93. The molecule has 1 N–H and O–H groups in total. The molecule has 2 heterocycles. The number of piperidine rings is 1. The first-order valence-electron chi connectivity index (χ1n) is 6.16. The van der Waals surface area contributed by atoms with Crippen molar-refractivity contribution in [2.45, 2.75) is 38.5 Å². The van der Waals surface area contributed by atoms with Crippen LogP contribution in [-0.4, -0.2) is 45.8 Å². The van der Waals surface area contributed by atoms with Crippen LogP contribution in [-0.2, 0) is 0 Å². The molecule has 1 atom stereocenters. The largest absolute Gasteiger partial charge is 0.445 e. The van der Waals surface area contributed by atoms with Gasteiger partial charge in [0, 0.05) is 13.5 Å². The van der Waals surface area contributed by atoms with Crippen LogP contribution in [0.25, 0.3) is 0 Å². The minimum Gasteiger partial charge on any atom is -0.445 e. The molecule has 1 saturated heterocycles. The molecule has 20 heavy (non-hydrogen) atoms. The van der Waals surface area contributed by atoms with Crippen molar-refractivity contribution >= 4 is 5.91 Å².